The van der Waals surface area contributed by atoms with E-state index in [-0.39, 0.29) is 5.78 Å². The third-order valence-corrected chi connectivity index (χ3v) is 3.27. The number of rotatable bonds is 7. The molecule has 0 bridgehead atoms. The van der Waals surface area contributed by atoms with Crippen LogP contribution in [0.1, 0.15) is 40.7 Å². The third-order valence-electron chi connectivity index (χ3n) is 3.27. The maximum atomic E-state index is 12.5. The van der Waals surface area contributed by atoms with E-state index in [9.17, 15) is 9.59 Å². The van der Waals surface area contributed by atoms with Gasteiger partial charge in [-0.2, -0.15) is 0 Å². The Morgan fingerprint density at radius 2 is 1.60 bits per heavy atom. The molecule has 0 unspecified atom stereocenters. The van der Waals surface area contributed by atoms with Crippen molar-refractivity contribution < 1.29 is 9.59 Å². The van der Waals surface area contributed by atoms with Crippen LogP contribution in [-0.2, 0) is 11.2 Å². The number of benzene rings is 2. The molecular weight excluding hydrogens is 248 g/mol. The van der Waals surface area contributed by atoms with Gasteiger partial charge in [0.1, 0.15) is 0 Å². The van der Waals surface area contributed by atoms with Crippen LogP contribution in [0.4, 0.5) is 0 Å². The molecule has 0 aliphatic heterocycles. The lowest BCUT2D eigenvalue weighted by molar-refractivity contribution is 0.103. The van der Waals surface area contributed by atoms with Crippen LogP contribution in [-0.4, -0.2) is 12.1 Å². The smallest absolute Gasteiger partial charge is 0.198 e. The van der Waals surface area contributed by atoms with E-state index in [0.29, 0.717) is 12.0 Å². The van der Waals surface area contributed by atoms with Gasteiger partial charge in [-0.3, -0.25) is 9.59 Å². The second-order valence-electron chi connectivity index (χ2n) is 4.70. The summed E-state index contributed by atoms with van der Waals surface area (Å²) < 4.78 is 0. The molecule has 0 heterocycles. The summed E-state index contributed by atoms with van der Waals surface area (Å²) in [6.45, 7) is 0. The van der Waals surface area contributed by atoms with Gasteiger partial charge in [0.25, 0.3) is 0 Å². The van der Waals surface area contributed by atoms with Crippen molar-refractivity contribution in [2.75, 3.05) is 0 Å². The molecule has 1 radical (unpaired) electrons. The van der Waals surface area contributed by atoms with Crippen molar-refractivity contribution in [2.24, 2.45) is 0 Å². The van der Waals surface area contributed by atoms with Crippen molar-refractivity contribution in [3.8, 4) is 0 Å². The van der Waals surface area contributed by atoms with Crippen LogP contribution in [0.25, 0.3) is 0 Å². The average Bonchev–Trinajstić information content (AvgIpc) is 2.52. The van der Waals surface area contributed by atoms with E-state index in [0.717, 1.165) is 30.4 Å². The highest BCUT2D eigenvalue weighted by Crippen LogP contribution is 2.17. The Morgan fingerprint density at radius 3 is 2.35 bits per heavy atom. The van der Waals surface area contributed by atoms with Gasteiger partial charge in [0.05, 0.1) is 0 Å². The number of hydrogen-bond donors (Lipinski definition) is 0. The molecule has 2 nitrogen and oxygen atoms in total. The fraction of sp³-hybridized carbons (Fsp3) is 0.222. The van der Waals surface area contributed by atoms with Gasteiger partial charge in [-0.25, -0.2) is 0 Å². The van der Waals surface area contributed by atoms with Crippen LogP contribution in [0.5, 0.6) is 0 Å². The lowest BCUT2D eigenvalue weighted by atomic mass is 9.95. The molecule has 0 N–H and O–H groups in total. The monoisotopic (exact) mass is 265 g/mol. The Morgan fingerprint density at radius 1 is 0.900 bits per heavy atom. The molecule has 2 aromatic carbocycles. The quantitative estimate of drug-likeness (QED) is 0.564. The van der Waals surface area contributed by atoms with Gasteiger partial charge in [-0.1, -0.05) is 54.6 Å². The van der Waals surface area contributed by atoms with Crippen LogP contribution < -0.4 is 0 Å². The zero-order chi connectivity index (χ0) is 14.2. The molecule has 0 aliphatic carbocycles. The molecular formula is C18H17O2. The molecule has 20 heavy (non-hydrogen) atoms. The molecule has 101 valence electrons. The van der Waals surface area contributed by atoms with Crippen molar-refractivity contribution in [1.29, 1.82) is 0 Å². The summed E-state index contributed by atoms with van der Waals surface area (Å²) in [6, 6.07) is 17.0. The van der Waals surface area contributed by atoms with Crippen LogP contribution in [0.3, 0.4) is 0 Å². The molecule has 0 fully saturated rings. The number of unbranched alkanes of at least 4 members (excludes halogenated alkanes) is 2. The van der Waals surface area contributed by atoms with Crippen molar-refractivity contribution in [3.05, 3.63) is 71.3 Å². The van der Waals surface area contributed by atoms with Crippen LogP contribution in [0, 0.1) is 0 Å². The van der Waals surface area contributed by atoms with Gasteiger partial charge in [-0.15, -0.1) is 0 Å². The lowest BCUT2D eigenvalue weighted by Crippen LogP contribution is -2.05. The Labute approximate surface area is 119 Å². The Balaban J connectivity index is 2.15. The van der Waals surface area contributed by atoms with Gasteiger partial charge in [-0.05, 0) is 24.8 Å². The third kappa shape index (κ3) is 3.64. The molecule has 0 amide bonds. The summed E-state index contributed by atoms with van der Waals surface area (Å²) in [5.74, 6) is 0.0585. The van der Waals surface area contributed by atoms with E-state index in [4.69, 9.17) is 0 Å². The Hall–Kier alpha value is -2.22. The fourth-order valence-electron chi connectivity index (χ4n) is 2.22. The molecule has 0 saturated heterocycles. The standard InChI is InChI=1S/C18H17O2/c19-14-8-2-5-9-15-10-6-7-13-17(15)18(20)16-11-3-1-4-12-16/h1,3-4,6-7,10-13H,2,5,8-9H2. The summed E-state index contributed by atoms with van der Waals surface area (Å²) >= 11 is 0. The van der Waals surface area contributed by atoms with E-state index in [1.807, 2.05) is 60.9 Å². The predicted molar refractivity (Wildman–Crippen MR) is 79.6 cm³/mol. The Kier molecular flexibility index (Phi) is 5.24. The number of carbonyl (C=O) groups is 1. The number of hydrogen-bond acceptors (Lipinski definition) is 2. The Bertz CT molecular complexity index is 573. The van der Waals surface area contributed by atoms with Crippen LogP contribution in [0.2, 0.25) is 0 Å². The molecule has 2 heteroatoms. The van der Waals surface area contributed by atoms with Crippen molar-refractivity contribution in [2.45, 2.75) is 25.7 Å². The van der Waals surface area contributed by atoms with E-state index < -0.39 is 0 Å². The number of aryl methyl sites for hydroxylation is 1. The minimum atomic E-state index is 0.0585. The van der Waals surface area contributed by atoms with Gasteiger partial charge >= 0.3 is 0 Å². The summed E-state index contributed by atoms with van der Waals surface area (Å²) in [4.78, 5) is 22.7. The molecule has 0 saturated carbocycles. The maximum Gasteiger partial charge on any atom is 0.198 e. The van der Waals surface area contributed by atoms with Crippen LogP contribution >= 0.6 is 0 Å². The second kappa shape index (κ2) is 7.39. The zero-order valence-corrected chi connectivity index (χ0v) is 11.3. The predicted octanol–water partition coefficient (Wildman–Crippen LogP) is 3.74. The van der Waals surface area contributed by atoms with E-state index in [2.05, 4.69) is 0 Å². The van der Waals surface area contributed by atoms with E-state index in [1.165, 1.54) is 0 Å². The first-order chi connectivity index (χ1) is 9.83. The molecule has 2 aromatic rings. The molecule has 0 aromatic heterocycles. The van der Waals surface area contributed by atoms with E-state index >= 15 is 0 Å². The number of carbonyl (C=O) groups excluding carboxylic acids is 2. The summed E-state index contributed by atoms with van der Waals surface area (Å²) in [5.41, 5.74) is 2.52. The van der Waals surface area contributed by atoms with Gasteiger partial charge in [0, 0.05) is 17.5 Å². The molecule has 0 aliphatic rings. The first-order valence-electron chi connectivity index (χ1n) is 6.85. The van der Waals surface area contributed by atoms with E-state index in [1.54, 1.807) is 0 Å². The average molecular weight is 265 g/mol. The first kappa shape index (κ1) is 14.2. The summed E-state index contributed by atoms with van der Waals surface area (Å²) in [6.07, 6.45) is 4.90. The minimum Gasteiger partial charge on any atom is -0.291 e. The molecule has 0 spiro atoms. The molecule has 2 rings (SSSR count). The fourth-order valence-corrected chi connectivity index (χ4v) is 2.22. The lowest BCUT2D eigenvalue weighted by Gasteiger charge is -2.08. The van der Waals surface area contributed by atoms with Gasteiger partial charge < -0.3 is 0 Å². The first-order valence-corrected chi connectivity index (χ1v) is 6.85. The SMILES string of the molecule is O=[C]CCCCc1ccccc1C(=O)c1ccccc1. The zero-order valence-electron chi connectivity index (χ0n) is 11.3. The summed E-state index contributed by atoms with van der Waals surface area (Å²) in [7, 11) is 0. The summed E-state index contributed by atoms with van der Waals surface area (Å²) in [5, 5.41) is 0. The molecule has 0 atom stereocenters. The van der Waals surface area contributed by atoms with Crippen LogP contribution in [0.15, 0.2) is 54.6 Å². The topological polar surface area (TPSA) is 34.1 Å². The normalized spacial score (nSPS) is 10.2. The highest BCUT2D eigenvalue weighted by molar-refractivity contribution is 6.09. The maximum absolute atomic E-state index is 12.5. The number of ketones is 1. The second-order valence-corrected chi connectivity index (χ2v) is 4.70. The minimum absolute atomic E-state index is 0.0585. The van der Waals surface area contributed by atoms with Crippen molar-refractivity contribution >= 4 is 12.1 Å². The van der Waals surface area contributed by atoms with Gasteiger partial charge in [0.2, 0.25) is 0 Å². The highest BCUT2D eigenvalue weighted by Gasteiger charge is 2.12. The van der Waals surface area contributed by atoms with Gasteiger partial charge in [0.15, 0.2) is 12.1 Å². The largest absolute Gasteiger partial charge is 0.291 e. The van der Waals surface area contributed by atoms with Crippen molar-refractivity contribution in [1.82, 2.24) is 0 Å². The highest BCUT2D eigenvalue weighted by atomic mass is 16.1. The van der Waals surface area contributed by atoms with Crippen molar-refractivity contribution in [3.63, 3.8) is 0 Å².